The lowest BCUT2D eigenvalue weighted by Crippen LogP contribution is -2.49. The molecule has 1 saturated heterocycles. The molecule has 9 heteroatoms. The summed E-state index contributed by atoms with van der Waals surface area (Å²) < 4.78 is 0. The van der Waals surface area contributed by atoms with E-state index in [-0.39, 0.29) is 5.91 Å². The maximum atomic E-state index is 12.5. The van der Waals surface area contributed by atoms with E-state index in [2.05, 4.69) is 35.1 Å². The van der Waals surface area contributed by atoms with Gasteiger partial charge < -0.3 is 15.1 Å². The van der Waals surface area contributed by atoms with Gasteiger partial charge in [0.1, 0.15) is 29.0 Å². The number of hydrogen-bond donors (Lipinski definition) is 1. The van der Waals surface area contributed by atoms with Gasteiger partial charge in [-0.2, -0.15) is 0 Å². The Bertz CT molecular complexity index is 1000. The van der Waals surface area contributed by atoms with Gasteiger partial charge in [-0.3, -0.25) is 9.78 Å². The number of aromatic nitrogens is 5. The van der Waals surface area contributed by atoms with Crippen molar-refractivity contribution in [2.45, 2.75) is 13.8 Å². The van der Waals surface area contributed by atoms with Crippen molar-refractivity contribution in [3.63, 3.8) is 0 Å². The van der Waals surface area contributed by atoms with Crippen LogP contribution in [0.2, 0.25) is 0 Å². The molecule has 0 spiro atoms. The first kappa shape index (κ1) is 18.7. The summed E-state index contributed by atoms with van der Waals surface area (Å²) in [6, 6.07) is 5.83. The molecule has 1 aliphatic rings. The average Bonchev–Trinajstić information content (AvgIpc) is 2.73. The van der Waals surface area contributed by atoms with Crippen molar-refractivity contribution >= 4 is 23.4 Å². The van der Waals surface area contributed by atoms with Gasteiger partial charge in [0.05, 0.1) is 6.20 Å². The fourth-order valence-electron chi connectivity index (χ4n) is 3.22. The Hall–Kier alpha value is -3.62. The number of rotatable bonds is 4. The number of amides is 1. The molecule has 1 fully saturated rings. The van der Waals surface area contributed by atoms with Gasteiger partial charge >= 0.3 is 0 Å². The van der Waals surface area contributed by atoms with Gasteiger partial charge in [-0.1, -0.05) is 0 Å². The van der Waals surface area contributed by atoms with Crippen LogP contribution in [0.15, 0.2) is 43.0 Å². The van der Waals surface area contributed by atoms with Gasteiger partial charge in [-0.25, -0.2) is 19.9 Å². The first-order valence-corrected chi connectivity index (χ1v) is 9.44. The molecule has 0 aliphatic carbocycles. The summed E-state index contributed by atoms with van der Waals surface area (Å²) in [6.07, 6.45) is 6.36. The smallest absolute Gasteiger partial charge is 0.274 e. The van der Waals surface area contributed by atoms with Crippen molar-refractivity contribution in [1.29, 1.82) is 0 Å². The van der Waals surface area contributed by atoms with E-state index in [4.69, 9.17) is 0 Å². The molecule has 0 atom stereocenters. The second-order valence-electron chi connectivity index (χ2n) is 6.87. The van der Waals surface area contributed by atoms with Gasteiger partial charge in [-0.05, 0) is 31.5 Å². The molecule has 1 aliphatic heterocycles. The van der Waals surface area contributed by atoms with Crippen molar-refractivity contribution in [3.8, 4) is 0 Å². The van der Waals surface area contributed by atoms with E-state index >= 15 is 0 Å². The summed E-state index contributed by atoms with van der Waals surface area (Å²) in [4.78, 5) is 37.9. The van der Waals surface area contributed by atoms with Gasteiger partial charge in [0, 0.05) is 50.8 Å². The van der Waals surface area contributed by atoms with Crippen LogP contribution in [-0.2, 0) is 0 Å². The summed E-state index contributed by atoms with van der Waals surface area (Å²) in [5.74, 6) is 2.86. The molecule has 148 valence electrons. The van der Waals surface area contributed by atoms with Crippen LogP contribution >= 0.6 is 0 Å². The Labute approximate surface area is 168 Å². The third-order valence-electron chi connectivity index (χ3n) is 4.67. The largest absolute Gasteiger partial charge is 0.353 e. The Kier molecular flexibility index (Phi) is 5.28. The molecule has 3 aromatic heterocycles. The molecule has 3 aromatic rings. The molecule has 4 rings (SSSR count). The second-order valence-corrected chi connectivity index (χ2v) is 6.87. The maximum Gasteiger partial charge on any atom is 0.274 e. The Morgan fingerprint density at radius 1 is 0.966 bits per heavy atom. The van der Waals surface area contributed by atoms with E-state index in [1.807, 2.05) is 32.0 Å². The number of carbonyl (C=O) groups is 1. The number of nitrogens with zero attached hydrogens (tertiary/aromatic N) is 7. The van der Waals surface area contributed by atoms with Crippen molar-refractivity contribution in [2.24, 2.45) is 0 Å². The lowest BCUT2D eigenvalue weighted by atomic mass is 10.2. The first-order valence-electron chi connectivity index (χ1n) is 9.44. The Morgan fingerprint density at radius 2 is 1.79 bits per heavy atom. The van der Waals surface area contributed by atoms with Crippen LogP contribution in [0.4, 0.5) is 17.5 Å². The molecule has 9 nitrogen and oxygen atoms in total. The highest BCUT2D eigenvalue weighted by Crippen LogP contribution is 2.21. The van der Waals surface area contributed by atoms with Crippen molar-refractivity contribution < 1.29 is 4.79 Å². The summed E-state index contributed by atoms with van der Waals surface area (Å²) in [5, 5.41) is 3.24. The molecule has 0 saturated carbocycles. The zero-order chi connectivity index (χ0) is 20.2. The molecule has 1 N–H and O–H groups in total. The summed E-state index contributed by atoms with van der Waals surface area (Å²) in [7, 11) is 0. The van der Waals surface area contributed by atoms with E-state index in [9.17, 15) is 4.79 Å². The van der Waals surface area contributed by atoms with Crippen LogP contribution in [0.3, 0.4) is 0 Å². The molecular formula is C20H22N8O. The highest BCUT2D eigenvalue weighted by Gasteiger charge is 2.24. The minimum Gasteiger partial charge on any atom is -0.353 e. The molecule has 0 unspecified atom stereocenters. The molecule has 1 amide bonds. The maximum absolute atomic E-state index is 12.5. The van der Waals surface area contributed by atoms with E-state index < -0.39 is 0 Å². The van der Waals surface area contributed by atoms with E-state index in [0.717, 1.165) is 17.2 Å². The van der Waals surface area contributed by atoms with Crippen LogP contribution in [0.1, 0.15) is 21.9 Å². The third kappa shape index (κ3) is 4.45. The number of nitrogens with one attached hydrogen (secondary N) is 1. The van der Waals surface area contributed by atoms with Crippen LogP contribution in [-0.4, -0.2) is 61.9 Å². The fraction of sp³-hybridized carbons (Fsp3) is 0.300. The summed E-state index contributed by atoms with van der Waals surface area (Å²) in [6.45, 7) is 6.45. The Balaban J connectivity index is 1.44. The standard InChI is InChI=1S/C20H22N8O/c1-14-3-4-23-17(11-14)26-18-12-19(25-15(2)24-18)27-7-9-28(10-8-27)20(29)16-13-21-5-6-22-16/h3-6,11-13H,7-10H2,1-2H3,(H,23,24,25,26). The van der Waals surface area contributed by atoms with Gasteiger partial charge in [0.15, 0.2) is 0 Å². The minimum atomic E-state index is -0.0931. The summed E-state index contributed by atoms with van der Waals surface area (Å²) in [5.41, 5.74) is 1.49. The van der Waals surface area contributed by atoms with Crippen LogP contribution in [0, 0.1) is 13.8 Å². The minimum absolute atomic E-state index is 0.0931. The van der Waals surface area contributed by atoms with Gasteiger partial charge in [-0.15, -0.1) is 0 Å². The lowest BCUT2D eigenvalue weighted by molar-refractivity contribution is 0.0740. The monoisotopic (exact) mass is 390 g/mol. The summed E-state index contributed by atoms with van der Waals surface area (Å²) >= 11 is 0. The zero-order valence-electron chi connectivity index (χ0n) is 16.4. The predicted octanol–water partition coefficient (Wildman–Crippen LogP) is 1.98. The number of anilines is 3. The third-order valence-corrected chi connectivity index (χ3v) is 4.67. The number of carbonyl (C=O) groups excluding carboxylic acids is 1. The molecule has 4 heterocycles. The molecule has 0 bridgehead atoms. The SMILES string of the molecule is Cc1ccnc(Nc2cc(N3CCN(C(=O)c4cnccn4)CC3)nc(C)n2)c1. The van der Waals surface area contributed by atoms with Crippen LogP contribution < -0.4 is 10.2 Å². The number of aryl methyl sites for hydroxylation is 2. The van der Waals surface area contributed by atoms with Crippen molar-refractivity contribution in [1.82, 2.24) is 29.8 Å². The molecule has 0 aromatic carbocycles. The highest BCUT2D eigenvalue weighted by atomic mass is 16.2. The number of piperazine rings is 1. The second kappa shape index (κ2) is 8.17. The number of hydrogen-bond acceptors (Lipinski definition) is 8. The number of pyridine rings is 1. The van der Waals surface area contributed by atoms with E-state index in [1.54, 1.807) is 17.3 Å². The first-order chi connectivity index (χ1) is 14.1. The van der Waals surface area contributed by atoms with Gasteiger partial charge in [0.25, 0.3) is 5.91 Å². The van der Waals surface area contributed by atoms with Crippen LogP contribution in [0.25, 0.3) is 0 Å². The van der Waals surface area contributed by atoms with Crippen molar-refractivity contribution in [3.05, 3.63) is 60.1 Å². The molecule has 29 heavy (non-hydrogen) atoms. The topological polar surface area (TPSA) is 100 Å². The van der Waals surface area contributed by atoms with E-state index in [0.29, 0.717) is 43.5 Å². The lowest BCUT2D eigenvalue weighted by Gasteiger charge is -2.35. The van der Waals surface area contributed by atoms with Crippen LogP contribution in [0.5, 0.6) is 0 Å². The highest BCUT2D eigenvalue weighted by molar-refractivity contribution is 5.92. The average molecular weight is 390 g/mol. The van der Waals surface area contributed by atoms with E-state index in [1.165, 1.54) is 12.4 Å². The normalized spacial score (nSPS) is 14.0. The molecular weight excluding hydrogens is 368 g/mol. The Morgan fingerprint density at radius 3 is 2.52 bits per heavy atom. The fourth-order valence-corrected chi connectivity index (χ4v) is 3.22. The van der Waals surface area contributed by atoms with Crippen molar-refractivity contribution in [2.75, 3.05) is 36.4 Å². The molecule has 0 radical (unpaired) electrons. The zero-order valence-corrected chi connectivity index (χ0v) is 16.4. The van der Waals surface area contributed by atoms with Gasteiger partial charge in [0.2, 0.25) is 0 Å². The predicted molar refractivity (Wildman–Crippen MR) is 109 cm³/mol. The quantitative estimate of drug-likeness (QED) is 0.722.